The number of aliphatic carboxylic acids is 1. The van der Waals surface area contributed by atoms with E-state index in [1.807, 2.05) is 19.1 Å². The van der Waals surface area contributed by atoms with Gasteiger partial charge in [0.05, 0.1) is 0 Å². The molecule has 0 aliphatic carbocycles. The predicted octanol–water partition coefficient (Wildman–Crippen LogP) is 1.53. The Morgan fingerprint density at radius 3 is 2.65 bits per heavy atom. The normalized spacial score (nSPS) is 9.76. The number of nitrogens with one attached hydrogen (secondary N) is 2. The third-order valence-electron chi connectivity index (χ3n) is 2.05. The average Bonchev–Trinajstić information content (AvgIpc) is 2.25. The van der Waals surface area contributed by atoms with Crippen molar-refractivity contribution >= 4 is 23.6 Å². The zero-order valence-corrected chi connectivity index (χ0v) is 10.0. The fraction of sp³-hybridized carbons (Fsp3) is 0.273. The predicted molar refractivity (Wildman–Crippen MR) is 64.1 cm³/mol. The molecule has 0 unspecified atom stereocenters. The highest BCUT2D eigenvalue weighted by Crippen LogP contribution is 2.16. The molecule has 5 nitrogen and oxygen atoms in total. The second-order valence-corrected chi connectivity index (χ2v) is 3.93. The van der Waals surface area contributed by atoms with E-state index in [0.717, 1.165) is 11.1 Å². The van der Waals surface area contributed by atoms with Crippen LogP contribution in [0.15, 0.2) is 18.2 Å². The molecule has 0 aromatic heterocycles. The third kappa shape index (κ3) is 4.74. The van der Waals surface area contributed by atoms with Gasteiger partial charge in [-0.2, -0.15) is 0 Å². The first-order chi connectivity index (χ1) is 7.99. The van der Waals surface area contributed by atoms with Gasteiger partial charge in [-0.05, 0) is 24.1 Å². The Kier molecular flexibility index (Phi) is 4.78. The highest BCUT2D eigenvalue weighted by Gasteiger charge is 2.05. The summed E-state index contributed by atoms with van der Waals surface area (Å²) < 4.78 is 0. The van der Waals surface area contributed by atoms with Crippen molar-refractivity contribution in [1.29, 1.82) is 0 Å². The number of hydrogen-bond donors (Lipinski definition) is 3. The molecule has 0 saturated heterocycles. The molecule has 0 atom stereocenters. The van der Waals surface area contributed by atoms with Crippen molar-refractivity contribution in [2.24, 2.45) is 0 Å². The Balaban J connectivity index is 2.44. The molecule has 3 N–H and O–H groups in total. The lowest BCUT2D eigenvalue weighted by atomic mass is 10.1. The number of carboxylic acid groups (broad SMARTS) is 1. The first-order valence-electron chi connectivity index (χ1n) is 4.97. The van der Waals surface area contributed by atoms with Gasteiger partial charge < -0.3 is 15.7 Å². The molecule has 2 amide bonds. The second kappa shape index (κ2) is 6.10. The van der Waals surface area contributed by atoms with Crippen LogP contribution in [-0.4, -0.2) is 23.7 Å². The fourth-order valence-corrected chi connectivity index (χ4v) is 1.49. The van der Waals surface area contributed by atoms with Gasteiger partial charge in [-0.1, -0.05) is 23.7 Å². The molecule has 0 spiro atoms. The Labute approximate surface area is 104 Å². The molecule has 92 valence electrons. The molecular formula is C11H13ClN2O3. The SMILES string of the molecule is Cc1ccc(CNC(=O)NCC(=O)O)c(Cl)c1. The van der Waals surface area contributed by atoms with Crippen LogP contribution < -0.4 is 10.6 Å². The summed E-state index contributed by atoms with van der Waals surface area (Å²) in [5, 5.41) is 13.6. The first-order valence-corrected chi connectivity index (χ1v) is 5.35. The van der Waals surface area contributed by atoms with Crippen LogP contribution >= 0.6 is 11.6 Å². The second-order valence-electron chi connectivity index (χ2n) is 3.52. The molecule has 0 saturated carbocycles. The summed E-state index contributed by atoms with van der Waals surface area (Å²) in [5.41, 5.74) is 1.82. The van der Waals surface area contributed by atoms with Gasteiger partial charge in [-0.15, -0.1) is 0 Å². The lowest BCUT2D eigenvalue weighted by Gasteiger charge is -2.08. The van der Waals surface area contributed by atoms with Gasteiger partial charge in [-0.25, -0.2) is 4.79 Å². The highest BCUT2D eigenvalue weighted by atomic mass is 35.5. The number of halogens is 1. The van der Waals surface area contributed by atoms with Crippen LogP contribution in [0.25, 0.3) is 0 Å². The van der Waals surface area contributed by atoms with Gasteiger partial charge in [0.15, 0.2) is 0 Å². The van der Waals surface area contributed by atoms with Crippen molar-refractivity contribution in [2.45, 2.75) is 13.5 Å². The lowest BCUT2D eigenvalue weighted by molar-refractivity contribution is -0.135. The third-order valence-corrected chi connectivity index (χ3v) is 2.40. The van der Waals surface area contributed by atoms with Crippen molar-refractivity contribution in [3.05, 3.63) is 34.3 Å². The summed E-state index contributed by atoms with van der Waals surface area (Å²) in [6.45, 7) is 1.76. The number of urea groups is 1. The molecule has 0 aliphatic rings. The van der Waals surface area contributed by atoms with E-state index < -0.39 is 18.5 Å². The number of benzene rings is 1. The maximum Gasteiger partial charge on any atom is 0.323 e. The molecule has 6 heteroatoms. The van der Waals surface area contributed by atoms with Crippen LogP contribution in [0, 0.1) is 6.92 Å². The number of hydrogen-bond acceptors (Lipinski definition) is 2. The standard InChI is InChI=1S/C11H13ClN2O3/c1-7-2-3-8(9(12)4-7)5-13-11(17)14-6-10(15)16/h2-4H,5-6H2,1H3,(H,15,16)(H2,13,14,17). The molecular weight excluding hydrogens is 244 g/mol. The topological polar surface area (TPSA) is 78.4 Å². The molecule has 1 aromatic rings. The Hall–Kier alpha value is -1.75. The summed E-state index contributed by atoms with van der Waals surface area (Å²) in [7, 11) is 0. The van der Waals surface area contributed by atoms with Gasteiger partial charge in [0.25, 0.3) is 0 Å². The smallest absolute Gasteiger partial charge is 0.323 e. The molecule has 1 rings (SSSR count). The van der Waals surface area contributed by atoms with Crippen molar-refractivity contribution < 1.29 is 14.7 Å². The van der Waals surface area contributed by atoms with E-state index in [0.29, 0.717) is 5.02 Å². The highest BCUT2D eigenvalue weighted by molar-refractivity contribution is 6.31. The van der Waals surface area contributed by atoms with Crippen molar-refractivity contribution in [2.75, 3.05) is 6.54 Å². The summed E-state index contributed by atoms with van der Waals surface area (Å²) in [6, 6.07) is 4.96. The van der Waals surface area contributed by atoms with Crippen molar-refractivity contribution in [3.63, 3.8) is 0 Å². The van der Waals surface area contributed by atoms with E-state index in [2.05, 4.69) is 10.6 Å². The Morgan fingerprint density at radius 1 is 1.35 bits per heavy atom. The number of carbonyl (C=O) groups excluding carboxylic acids is 1. The number of rotatable bonds is 4. The van der Waals surface area contributed by atoms with Gasteiger partial charge in [0.1, 0.15) is 6.54 Å². The molecule has 0 radical (unpaired) electrons. The van der Waals surface area contributed by atoms with Crippen LogP contribution in [0.4, 0.5) is 4.79 Å². The molecule has 17 heavy (non-hydrogen) atoms. The summed E-state index contributed by atoms with van der Waals surface area (Å²) in [4.78, 5) is 21.4. The Bertz CT molecular complexity index is 435. The summed E-state index contributed by atoms with van der Waals surface area (Å²) in [5.74, 6) is -1.09. The number of carboxylic acids is 1. The quantitative estimate of drug-likeness (QED) is 0.764. The van der Waals surface area contributed by atoms with E-state index in [4.69, 9.17) is 16.7 Å². The van der Waals surface area contributed by atoms with Gasteiger partial charge in [-0.3, -0.25) is 4.79 Å². The minimum Gasteiger partial charge on any atom is -0.480 e. The van der Waals surface area contributed by atoms with E-state index in [1.54, 1.807) is 6.07 Å². The monoisotopic (exact) mass is 256 g/mol. The van der Waals surface area contributed by atoms with E-state index in [1.165, 1.54) is 0 Å². The van der Waals surface area contributed by atoms with E-state index >= 15 is 0 Å². The number of amides is 2. The van der Waals surface area contributed by atoms with Crippen LogP contribution in [0.1, 0.15) is 11.1 Å². The van der Waals surface area contributed by atoms with Crippen LogP contribution in [0.5, 0.6) is 0 Å². The first kappa shape index (κ1) is 13.3. The van der Waals surface area contributed by atoms with Crippen LogP contribution in [0.3, 0.4) is 0 Å². The minimum absolute atomic E-state index is 0.255. The maximum atomic E-state index is 11.2. The van der Waals surface area contributed by atoms with Crippen LogP contribution in [0.2, 0.25) is 5.02 Å². The Morgan fingerprint density at radius 2 is 2.06 bits per heavy atom. The zero-order chi connectivity index (χ0) is 12.8. The molecule has 0 bridgehead atoms. The number of carbonyl (C=O) groups is 2. The zero-order valence-electron chi connectivity index (χ0n) is 9.29. The van der Waals surface area contributed by atoms with E-state index in [-0.39, 0.29) is 6.54 Å². The minimum atomic E-state index is -1.09. The average molecular weight is 257 g/mol. The molecule has 0 heterocycles. The fourth-order valence-electron chi connectivity index (χ4n) is 1.19. The lowest BCUT2D eigenvalue weighted by Crippen LogP contribution is -2.38. The van der Waals surface area contributed by atoms with Gasteiger partial charge >= 0.3 is 12.0 Å². The van der Waals surface area contributed by atoms with Gasteiger partial charge in [0.2, 0.25) is 0 Å². The molecule has 0 fully saturated rings. The molecule has 0 aliphatic heterocycles. The maximum absolute atomic E-state index is 11.2. The van der Waals surface area contributed by atoms with E-state index in [9.17, 15) is 9.59 Å². The van der Waals surface area contributed by atoms with Crippen molar-refractivity contribution in [3.8, 4) is 0 Å². The summed E-state index contributed by atoms with van der Waals surface area (Å²) >= 11 is 5.97. The van der Waals surface area contributed by atoms with Gasteiger partial charge in [0, 0.05) is 11.6 Å². The van der Waals surface area contributed by atoms with Crippen LogP contribution in [-0.2, 0) is 11.3 Å². The number of aryl methyl sites for hydroxylation is 1. The largest absolute Gasteiger partial charge is 0.480 e. The molecule has 1 aromatic carbocycles. The summed E-state index contributed by atoms with van der Waals surface area (Å²) in [6.07, 6.45) is 0. The van der Waals surface area contributed by atoms with Crippen molar-refractivity contribution in [1.82, 2.24) is 10.6 Å².